The van der Waals surface area contributed by atoms with Gasteiger partial charge in [0.15, 0.2) is 0 Å². The first-order valence-corrected chi connectivity index (χ1v) is 7.25. The molecule has 1 atom stereocenters. The summed E-state index contributed by atoms with van der Waals surface area (Å²) in [6.07, 6.45) is 2.40. The highest BCUT2D eigenvalue weighted by Gasteiger charge is 2.17. The second kappa shape index (κ2) is 6.65. The van der Waals surface area contributed by atoms with Crippen LogP contribution in [0.3, 0.4) is 0 Å². The van der Waals surface area contributed by atoms with Gasteiger partial charge in [-0.05, 0) is 36.5 Å². The Morgan fingerprint density at radius 1 is 1.44 bits per heavy atom. The fourth-order valence-electron chi connectivity index (χ4n) is 2.44. The number of hydrogen-bond acceptors (Lipinski definition) is 2. The van der Waals surface area contributed by atoms with Crippen LogP contribution >= 0.6 is 23.2 Å². The molecule has 18 heavy (non-hydrogen) atoms. The molecule has 2 rings (SSSR count). The Balaban J connectivity index is 2.07. The Morgan fingerprint density at radius 2 is 2.28 bits per heavy atom. The van der Waals surface area contributed by atoms with Gasteiger partial charge in [-0.1, -0.05) is 17.7 Å². The van der Waals surface area contributed by atoms with E-state index in [9.17, 15) is 0 Å². The molecular formula is C14H19Cl2NO. The molecule has 0 radical (unpaired) electrons. The van der Waals surface area contributed by atoms with Crippen molar-refractivity contribution in [1.29, 1.82) is 0 Å². The average molecular weight is 288 g/mol. The van der Waals surface area contributed by atoms with Crippen molar-refractivity contribution in [2.75, 3.05) is 31.7 Å². The quantitative estimate of drug-likeness (QED) is 0.778. The lowest BCUT2D eigenvalue weighted by Crippen LogP contribution is -2.31. The molecule has 0 bridgehead atoms. The van der Waals surface area contributed by atoms with Crippen LogP contribution in [0, 0.1) is 5.92 Å². The molecule has 1 aliphatic rings. The molecule has 1 aliphatic heterocycles. The monoisotopic (exact) mass is 287 g/mol. The fraction of sp³-hybridized carbons (Fsp3) is 0.571. The van der Waals surface area contributed by atoms with Crippen LogP contribution in [0.4, 0.5) is 5.69 Å². The van der Waals surface area contributed by atoms with Gasteiger partial charge in [0.25, 0.3) is 0 Å². The van der Waals surface area contributed by atoms with Crippen LogP contribution in [0.1, 0.15) is 18.4 Å². The van der Waals surface area contributed by atoms with Crippen LogP contribution < -0.4 is 4.90 Å². The van der Waals surface area contributed by atoms with Crippen molar-refractivity contribution in [2.45, 2.75) is 18.7 Å². The van der Waals surface area contributed by atoms with Gasteiger partial charge in [-0.3, -0.25) is 0 Å². The minimum Gasteiger partial charge on any atom is -0.381 e. The third kappa shape index (κ3) is 3.53. The molecule has 1 aromatic rings. The highest BCUT2D eigenvalue weighted by Crippen LogP contribution is 2.27. The number of hydrogen-bond donors (Lipinski definition) is 0. The topological polar surface area (TPSA) is 12.5 Å². The number of ether oxygens (including phenoxy) is 1. The molecule has 1 saturated heterocycles. The van der Waals surface area contributed by atoms with Crippen LogP contribution in [0.5, 0.6) is 0 Å². The number of nitrogens with zero attached hydrogens (tertiary/aromatic N) is 1. The average Bonchev–Trinajstić information content (AvgIpc) is 2.40. The van der Waals surface area contributed by atoms with Gasteiger partial charge in [0, 0.05) is 36.8 Å². The number of halogens is 2. The SMILES string of the molecule is CN(CC1CCCOC1)c1cc(Cl)ccc1CCl. The van der Waals surface area contributed by atoms with E-state index in [-0.39, 0.29) is 0 Å². The number of alkyl halides is 1. The number of benzene rings is 1. The van der Waals surface area contributed by atoms with Gasteiger partial charge >= 0.3 is 0 Å². The molecule has 0 saturated carbocycles. The van der Waals surface area contributed by atoms with E-state index in [0.717, 1.165) is 42.5 Å². The van der Waals surface area contributed by atoms with Gasteiger partial charge in [0.1, 0.15) is 0 Å². The molecule has 1 unspecified atom stereocenters. The second-order valence-electron chi connectivity index (χ2n) is 4.87. The van der Waals surface area contributed by atoms with Crippen LogP contribution in [-0.4, -0.2) is 26.8 Å². The summed E-state index contributed by atoms with van der Waals surface area (Å²) in [4.78, 5) is 2.24. The summed E-state index contributed by atoms with van der Waals surface area (Å²) < 4.78 is 5.52. The van der Waals surface area contributed by atoms with E-state index >= 15 is 0 Å². The maximum absolute atomic E-state index is 6.07. The van der Waals surface area contributed by atoms with Gasteiger partial charge in [-0.15, -0.1) is 11.6 Å². The molecular weight excluding hydrogens is 269 g/mol. The zero-order chi connectivity index (χ0) is 13.0. The summed E-state index contributed by atoms with van der Waals surface area (Å²) >= 11 is 12.0. The molecule has 2 nitrogen and oxygen atoms in total. The van der Waals surface area contributed by atoms with Crippen molar-refractivity contribution in [3.05, 3.63) is 28.8 Å². The molecule has 1 heterocycles. The maximum atomic E-state index is 6.07. The normalized spacial score (nSPS) is 19.8. The van der Waals surface area contributed by atoms with Crippen LogP contribution in [0.2, 0.25) is 5.02 Å². The van der Waals surface area contributed by atoms with Crippen LogP contribution in [-0.2, 0) is 10.6 Å². The molecule has 0 amide bonds. The first-order valence-electron chi connectivity index (χ1n) is 6.34. The van der Waals surface area contributed by atoms with E-state index in [4.69, 9.17) is 27.9 Å². The number of rotatable bonds is 4. The van der Waals surface area contributed by atoms with Gasteiger partial charge in [-0.2, -0.15) is 0 Å². The molecule has 100 valence electrons. The molecule has 1 fully saturated rings. The Hall–Kier alpha value is -0.440. The Labute approximate surface area is 119 Å². The highest BCUT2D eigenvalue weighted by atomic mass is 35.5. The van der Waals surface area contributed by atoms with E-state index < -0.39 is 0 Å². The van der Waals surface area contributed by atoms with Gasteiger partial charge in [-0.25, -0.2) is 0 Å². The summed E-state index contributed by atoms with van der Waals surface area (Å²) in [5.41, 5.74) is 2.25. The molecule has 0 aromatic heterocycles. The minimum atomic E-state index is 0.512. The zero-order valence-electron chi connectivity index (χ0n) is 10.7. The maximum Gasteiger partial charge on any atom is 0.0511 e. The lowest BCUT2D eigenvalue weighted by Gasteiger charge is -2.29. The van der Waals surface area contributed by atoms with Gasteiger partial charge < -0.3 is 9.64 Å². The lowest BCUT2D eigenvalue weighted by molar-refractivity contribution is 0.0576. The highest BCUT2D eigenvalue weighted by molar-refractivity contribution is 6.31. The number of anilines is 1. The molecule has 0 spiro atoms. The van der Waals surface area contributed by atoms with E-state index in [1.165, 1.54) is 6.42 Å². The van der Waals surface area contributed by atoms with Crippen molar-refractivity contribution in [3.63, 3.8) is 0 Å². The van der Waals surface area contributed by atoms with E-state index in [1.807, 2.05) is 18.2 Å². The first-order chi connectivity index (χ1) is 8.70. The molecule has 1 aromatic carbocycles. The summed E-state index contributed by atoms with van der Waals surface area (Å²) in [6.45, 7) is 2.76. The smallest absolute Gasteiger partial charge is 0.0511 e. The standard InChI is InChI=1S/C14H19Cl2NO/c1-17(9-11-3-2-6-18-10-11)14-7-13(16)5-4-12(14)8-15/h4-5,7,11H,2-3,6,8-10H2,1H3. The Bertz CT molecular complexity index is 391. The predicted octanol–water partition coefficient (Wildman–Crippen LogP) is 3.94. The van der Waals surface area contributed by atoms with Crippen molar-refractivity contribution in [1.82, 2.24) is 0 Å². The van der Waals surface area contributed by atoms with Crippen molar-refractivity contribution in [3.8, 4) is 0 Å². The summed E-state index contributed by atoms with van der Waals surface area (Å²) in [5.74, 6) is 1.11. The van der Waals surface area contributed by atoms with E-state index in [0.29, 0.717) is 11.8 Å². The molecule has 0 N–H and O–H groups in total. The molecule has 0 aliphatic carbocycles. The summed E-state index contributed by atoms with van der Waals surface area (Å²) in [6, 6.07) is 5.88. The minimum absolute atomic E-state index is 0.512. The Kier molecular flexibility index (Phi) is 5.16. The third-order valence-electron chi connectivity index (χ3n) is 3.39. The van der Waals surface area contributed by atoms with Crippen molar-refractivity contribution >= 4 is 28.9 Å². The third-order valence-corrected chi connectivity index (χ3v) is 3.91. The largest absolute Gasteiger partial charge is 0.381 e. The van der Waals surface area contributed by atoms with Crippen molar-refractivity contribution in [2.24, 2.45) is 5.92 Å². The fourth-order valence-corrected chi connectivity index (χ4v) is 2.83. The van der Waals surface area contributed by atoms with Crippen LogP contribution in [0.25, 0.3) is 0 Å². The predicted molar refractivity (Wildman–Crippen MR) is 77.8 cm³/mol. The van der Waals surface area contributed by atoms with Gasteiger partial charge in [0.2, 0.25) is 0 Å². The lowest BCUT2D eigenvalue weighted by atomic mass is 10.0. The molecule has 4 heteroatoms. The van der Waals surface area contributed by atoms with E-state index in [2.05, 4.69) is 11.9 Å². The van der Waals surface area contributed by atoms with E-state index in [1.54, 1.807) is 0 Å². The first kappa shape index (κ1) is 14.0. The van der Waals surface area contributed by atoms with Crippen LogP contribution in [0.15, 0.2) is 18.2 Å². The Morgan fingerprint density at radius 3 is 2.94 bits per heavy atom. The second-order valence-corrected chi connectivity index (χ2v) is 5.57. The van der Waals surface area contributed by atoms with Gasteiger partial charge in [0.05, 0.1) is 6.61 Å². The zero-order valence-corrected chi connectivity index (χ0v) is 12.2. The summed E-state index contributed by atoms with van der Waals surface area (Å²) in [5, 5.41) is 0.755. The summed E-state index contributed by atoms with van der Waals surface area (Å²) in [7, 11) is 2.09. The van der Waals surface area contributed by atoms with Crippen molar-refractivity contribution < 1.29 is 4.74 Å².